The maximum Gasteiger partial charge on any atom is 0.251 e. The van der Waals surface area contributed by atoms with Crippen LogP contribution >= 0.6 is 0 Å². The Morgan fingerprint density at radius 3 is 2.73 bits per heavy atom. The van der Waals surface area contributed by atoms with Crippen LogP contribution in [0.3, 0.4) is 0 Å². The first-order valence-corrected chi connectivity index (χ1v) is 13.2. The minimum Gasteiger partial charge on any atom is -0.493 e. The molecule has 10 nitrogen and oxygen atoms in total. The number of likely N-dealkylation sites (N-methyl/N-ethyl adjacent to an activating group) is 1. The number of halogens is 2. The van der Waals surface area contributed by atoms with E-state index in [-0.39, 0.29) is 19.4 Å². The number of methoxy groups -OCH3 is 1. The van der Waals surface area contributed by atoms with Gasteiger partial charge in [-0.1, -0.05) is 0 Å². The van der Waals surface area contributed by atoms with E-state index in [2.05, 4.69) is 25.4 Å². The van der Waals surface area contributed by atoms with Crippen molar-refractivity contribution < 1.29 is 23.0 Å². The summed E-state index contributed by atoms with van der Waals surface area (Å²) in [5.74, 6) is -0.0222. The zero-order valence-corrected chi connectivity index (χ0v) is 22.8. The zero-order chi connectivity index (χ0) is 28.6. The fraction of sp³-hybridized carbons (Fsp3) is 0.310. The fourth-order valence-electron chi connectivity index (χ4n) is 4.96. The van der Waals surface area contributed by atoms with Crippen molar-refractivity contribution in [1.82, 2.24) is 29.5 Å². The van der Waals surface area contributed by atoms with Crippen LogP contribution in [0.1, 0.15) is 18.4 Å². The second-order valence-corrected chi connectivity index (χ2v) is 10.1. The number of nitrogens with one attached hydrogen (secondary N) is 1. The van der Waals surface area contributed by atoms with Crippen molar-refractivity contribution in [2.24, 2.45) is 0 Å². The van der Waals surface area contributed by atoms with Gasteiger partial charge in [-0.3, -0.25) is 4.90 Å². The number of pyridine rings is 1. The minimum atomic E-state index is -2.71. The molecule has 0 aliphatic carbocycles. The van der Waals surface area contributed by atoms with E-state index in [9.17, 15) is 8.78 Å². The number of aryl methyl sites for hydroxylation is 1. The molecule has 1 aliphatic heterocycles. The zero-order valence-electron chi connectivity index (χ0n) is 22.8. The number of anilines is 2. The van der Waals surface area contributed by atoms with Crippen LogP contribution < -0.4 is 19.5 Å². The fourth-order valence-corrected chi connectivity index (χ4v) is 4.96. The van der Waals surface area contributed by atoms with Gasteiger partial charge in [0, 0.05) is 43.4 Å². The first kappa shape index (κ1) is 26.6. The van der Waals surface area contributed by atoms with Crippen molar-refractivity contribution in [2.45, 2.75) is 31.7 Å². The summed E-state index contributed by atoms with van der Waals surface area (Å²) in [7, 11) is 3.37. The average molecular weight is 562 g/mol. The van der Waals surface area contributed by atoms with Crippen LogP contribution in [0.2, 0.25) is 0 Å². The molecule has 4 heterocycles. The summed E-state index contributed by atoms with van der Waals surface area (Å²) in [5.41, 5.74) is 2.97. The minimum absolute atomic E-state index is 0.0711. The lowest BCUT2D eigenvalue weighted by Crippen LogP contribution is -2.47. The highest BCUT2D eigenvalue weighted by Gasteiger charge is 2.39. The molecule has 1 atom stereocenters. The lowest BCUT2D eigenvalue weighted by atomic mass is 10.00. The molecule has 212 valence electrons. The normalized spacial score (nSPS) is 17.0. The van der Waals surface area contributed by atoms with Gasteiger partial charge in [0.1, 0.15) is 36.6 Å². The van der Waals surface area contributed by atoms with E-state index in [1.54, 1.807) is 16.8 Å². The molecule has 1 unspecified atom stereocenters. The average Bonchev–Trinajstić information content (AvgIpc) is 3.43. The molecule has 1 N–H and O–H groups in total. The van der Waals surface area contributed by atoms with Gasteiger partial charge in [-0.2, -0.15) is 5.10 Å². The van der Waals surface area contributed by atoms with Gasteiger partial charge in [-0.15, -0.1) is 0 Å². The van der Waals surface area contributed by atoms with Crippen molar-refractivity contribution in [2.75, 3.05) is 32.6 Å². The smallest absolute Gasteiger partial charge is 0.251 e. The first-order chi connectivity index (χ1) is 19.8. The molecule has 0 bridgehead atoms. The number of benzene rings is 2. The predicted molar refractivity (Wildman–Crippen MR) is 150 cm³/mol. The monoisotopic (exact) mass is 561 g/mol. The predicted octanol–water partition coefficient (Wildman–Crippen LogP) is 5.63. The molecule has 1 aliphatic rings. The van der Waals surface area contributed by atoms with Gasteiger partial charge in [0.15, 0.2) is 17.1 Å². The number of likely N-dealkylation sites (tertiary alicyclic amines) is 1. The highest BCUT2D eigenvalue weighted by atomic mass is 19.3. The third kappa shape index (κ3) is 5.55. The molecule has 0 spiro atoms. The third-order valence-corrected chi connectivity index (χ3v) is 7.27. The first-order valence-electron chi connectivity index (χ1n) is 13.2. The summed E-state index contributed by atoms with van der Waals surface area (Å²) in [5, 5.41) is 8.05. The van der Waals surface area contributed by atoms with Crippen LogP contribution in [-0.2, 0) is 0 Å². The van der Waals surface area contributed by atoms with Crippen LogP contribution in [0.5, 0.6) is 23.0 Å². The Labute approximate surface area is 234 Å². The van der Waals surface area contributed by atoms with E-state index in [1.165, 1.54) is 19.8 Å². The van der Waals surface area contributed by atoms with Gasteiger partial charge >= 0.3 is 0 Å². The Kier molecular flexibility index (Phi) is 7.00. The molecule has 12 heteroatoms. The van der Waals surface area contributed by atoms with Crippen LogP contribution in [0.15, 0.2) is 61.3 Å². The molecule has 2 aromatic carbocycles. The molecule has 5 aromatic rings. The Bertz CT molecular complexity index is 1710. The number of alkyl halides is 2. The second-order valence-electron chi connectivity index (χ2n) is 10.1. The maximum absolute atomic E-state index is 14.1. The Morgan fingerprint density at radius 2 is 1.90 bits per heavy atom. The molecule has 41 heavy (non-hydrogen) atoms. The van der Waals surface area contributed by atoms with E-state index in [0.29, 0.717) is 51.9 Å². The molecule has 3 aromatic heterocycles. The Hall–Kier alpha value is -4.58. The SMILES string of the molecule is COc1ccc2ncnc(Nc3ccc(Oc4ccn5ncnc5c4)c(C)c3)c2c1OCC1CC(F)(F)CCN1C. The van der Waals surface area contributed by atoms with Gasteiger partial charge in [-0.05, 0) is 55.9 Å². The number of hydrogen-bond acceptors (Lipinski definition) is 9. The number of fused-ring (bicyclic) bond motifs is 2. The number of rotatable bonds is 8. The molecular weight excluding hydrogens is 532 g/mol. The lowest BCUT2D eigenvalue weighted by Gasteiger charge is -2.36. The van der Waals surface area contributed by atoms with Crippen molar-refractivity contribution >= 4 is 28.1 Å². The Balaban J connectivity index is 1.27. The summed E-state index contributed by atoms with van der Waals surface area (Å²) in [4.78, 5) is 15.0. The molecule has 6 rings (SSSR count). The van der Waals surface area contributed by atoms with Crippen molar-refractivity contribution in [3.05, 3.63) is 66.9 Å². The van der Waals surface area contributed by atoms with Crippen LogP contribution in [-0.4, -0.2) is 68.7 Å². The summed E-state index contributed by atoms with van der Waals surface area (Å²) >= 11 is 0. The number of nitrogens with zero attached hydrogens (tertiary/aromatic N) is 6. The topological polar surface area (TPSA) is 98.9 Å². The van der Waals surface area contributed by atoms with E-state index < -0.39 is 12.0 Å². The highest BCUT2D eigenvalue weighted by Crippen LogP contribution is 2.40. The number of piperidine rings is 1. The van der Waals surface area contributed by atoms with Crippen molar-refractivity contribution in [3.63, 3.8) is 0 Å². The highest BCUT2D eigenvalue weighted by molar-refractivity contribution is 5.97. The van der Waals surface area contributed by atoms with Crippen molar-refractivity contribution in [3.8, 4) is 23.0 Å². The molecule has 0 amide bonds. The Morgan fingerprint density at radius 1 is 1.05 bits per heavy atom. The van der Waals surface area contributed by atoms with Crippen molar-refractivity contribution in [1.29, 1.82) is 0 Å². The quantitative estimate of drug-likeness (QED) is 0.258. The van der Waals surface area contributed by atoms with Gasteiger partial charge in [0.25, 0.3) is 5.92 Å². The summed E-state index contributed by atoms with van der Waals surface area (Å²) in [6.07, 6.45) is 4.31. The van der Waals surface area contributed by atoms with Gasteiger partial charge in [0.2, 0.25) is 0 Å². The van der Waals surface area contributed by atoms with E-state index in [1.807, 2.05) is 55.3 Å². The summed E-state index contributed by atoms with van der Waals surface area (Å²) in [6, 6.07) is 12.4. The van der Waals surface area contributed by atoms with E-state index in [4.69, 9.17) is 14.2 Å². The standard InChI is InChI=1S/C29H29F2N7O3/c1-18-12-19(4-6-23(18)41-21-8-10-38-25(13-21)33-17-35-38)36-28-26-22(32-16-34-28)5-7-24(39-3)27(26)40-15-20-14-29(30,31)9-11-37(20)2/h4-8,10,12-13,16-17,20H,9,11,14-15H2,1-3H3,(H,32,34,36). The molecule has 1 fully saturated rings. The van der Waals surface area contributed by atoms with Crippen LogP contribution in [0.25, 0.3) is 16.6 Å². The van der Waals surface area contributed by atoms with Gasteiger partial charge < -0.3 is 19.5 Å². The largest absolute Gasteiger partial charge is 0.493 e. The van der Waals surface area contributed by atoms with E-state index >= 15 is 0 Å². The van der Waals surface area contributed by atoms with Gasteiger partial charge in [0.05, 0.1) is 18.0 Å². The molecule has 0 saturated carbocycles. The number of aromatic nitrogens is 5. The summed E-state index contributed by atoms with van der Waals surface area (Å²) < 4.78 is 47.8. The second kappa shape index (κ2) is 10.8. The van der Waals surface area contributed by atoms with Crippen LogP contribution in [0, 0.1) is 6.92 Å². The van der Waals surface area contributed by atoms with Crippen LogP contribution in [0.4, 0.5) is 20.3 Å². The third-order valence-electron chi connectivity index (χ3n) is 7.27. The lowest BCUT2D eigenvalue weighted by molar-refractivity contribution is -0.0790. The molecule has 0 radical (unpaired) electrons. The van der Waals surface area contributed by atoms with E-state index in [0.717, 1.165) is 11.3 Å². The molecule has 1 saturated heterocycles. The number of hydrogen-bond donors (Lipinski definition) is 1. The number of ether oxygens (including phenoxy) is 3. The summed E-state index contributed by atoms with van der Waals surface area (Å²) in [6.45, 7) is 2.32. The molecular formula is C29H29F2N7O3. The maximum atomic E-state index is 14.1. The van der Waals surface area contributed by atoms with Gasteiger partial charge in [-0.25, -0.2) is 28.2 Å².